The molecule has 592 valence electrons. The summed E-state index contributed by atoms with van der Waals surface area (Å²) in [6.45, 7) is -2.37. The molecule has 7 rings (SSSR count). The molecule has 4 aliphatic heterocycles. The van der Waals surface area contributed by atoms with Crippen molar-refractivity contribution in [3.05, 3.63) is 29.3 Å². The standard InChI is InChI=1S/C65H101N3O36/c1-6-7-8-9-10-43(71)66-11-14-94-30-18-28(56(84)67-12-15-95-62-52(80)50(78)46(74)41(103-62)26-97-35-20-31(58(86)90-2)33(60(88)92-4)22-37(35)99-64-54(82)48(76)44(72)39(24-69)101-64)17-29(19-30)57(85)68-13-16-96-63-53(81)51(79)47(75)42(104-63)27-98-36-21-32(59(87)91-3)34(61(89)93-5)23-38(36)100-65-55(83)49(77)45(73)40(25-70)102-65/h17-19,31-42,44-55,62-65,69-70,72-83H,6-16,20-27H2,1-5H3,(H,66,71)(H,67,84)(H,68,85)/t31?,32?,33-,34-,35-,36-,37?,38?,39?,40?,41?,42?,44+,45+,46+,47+,48-,49-,50-,51-,52?,53?,54?,55?,62-,63-,64-,65+/m0/s1. The topological polar surface area (TPSA) is 577 Å². The lowest BCUT2D eigenvalue weighted by molar-refractivity contribution is -0.326. The van der Waals surface area contributed by atoms with E-state index in [1.165, 1.54) is 18.2 Å². The van der Waals surface area contributed by atoms with Gasteiger partial charge in [0.05, 0.1) is 123 Å². The zero-order chi connectivity index (χ0) is 76.2. The van der Waals surface area contributed by atoms with E-state index >= 15 is 0 Å². The minimum atomic E-state index is -1.93. The van der Waals surface area contributed by atoms with Crippen molar-refractivity contribution in [2.24, 2.45) is 23.7 Å². The molecule has 0 aromatic heterocycles. The van der Waals surface area contributed by atoms with E-state index in [1.807, 2.05) is 6.92 Å². The highest BCUT2D eigenvalue weighted by molar-refractivity contribution is 6.00. The van der Waals surface area contributed by atoms with E-state index in [0.29, 0.717) is 6.42 Å². The third kappa shape index (κ3) is 22.0. The third-order valence-corrected chi connectivity index (χ3v) is 19.1. The molecule has 0 radical (unpaired) electrons. The van der Waals surface area contributed by atoms with Crippen molar-refractivity contribution in [3.63, 3.8) is 0 Å². The van der Waals surface area contributed by atoms with Crippen LogP contribution in [0.2, 0.25) is 0 Å². The molecule has 2 aliphatic carbocycles. The summed E-state index contributed by atoms with van der Waals surface area (Å²) in [5.41, 5.74) is -0.276. The van der Waals surface area contributed by atoms with Gasteiger partial charge in [-0.15, -0.1) is 0 Å². The summed E-state index contributed by atoms with van der Waals surface area (Å²) in [5.74, 6) is -9.99. The van der Waals surface area contributed by atoms with Gasteiger partial charge in [0.2, 0.25) is 5.91 Å². The zero-order valence-corrected chi connectivity index (χ0v) is 58.1. The van der Waals surface area contributed by atoms with E-state index in [-0.39, 0.29) is 81.1 Å². The maximum Gasteiger partial charge on any atom is 0.309 e. The van der Waals surface area contributed by atoms with Gasteiger partial charge in [-0.3, -0.25) is 33.6 Å². The molecule has 12 unspecified atom stereocenters. The third-order valence-electron chi connectivity index (χ3n) is 19.1. The van der Waals surface area contributed by atoms with Gasteiger partial charge in [0, 0.05) is 30.6 Å². The highest BCUT2D eigenvalue weighted by Crippen LogP contribution is 2.40. The summed E-state index contributed by atoms with van der Waals surface area (Å²) in [6, 6.07) is 3.80. The van der Waals surface area contributed by atoms with Crippen LogP contribution in [0.1, 0.15) is 85.4 Å². The number of carbonyl (C=O) groups excluding carboxylic acids is 7. The molecule has 39 heteroatoms. The van der Waals surface area contributed by atoms with Crippen LogP contribution in [-0.4, -0.2) is 355 Å². The lowest BCUT2D eigenvalue weighted by Gasteiger charge is -2.45. The molecule has 17 N–H and O–H groups in total. The molecular formula is C65H101N3O36. The number of aliphatic hydroxyl groups excluding tert-OH is 14. The number of hydrogen-bond acceptors (Lipinski definition) is 36. The van der Waals surface area contributed by atoms with E-state index in [0.717, 1.165) is 47.7 Å². The Bertz CT molecular complexity index is 2730. The number of rotatable bonds is 35. The van der Waals surface area contributed by atoms with Crippen molar-refractivity contribution in [2.45, 2.75) is 212 Å². The average molecular weight is 1500 g/mol. The Morgan fingerprint density at radius 1 is 0.404 bits per heavy atom. The van der Waals surface area contributed by atoms with Crippen LogP contribution in [0.4, 0.5) is 0 Å². The summed E-state index contributed by atoms with van der Waals surface area (Å²) in [5, 5.41) is 157. The van der Waals surface area contributed by atoms with Gasteiger partial charge in [0.25, 0.3) is 11.8 Å². The molecule has 1 aromatic carbocycles. The molecule has 4 heterocycles. The van der Waals surface area contributed by atoms with Gasteiger partial charge in [-0.2, -0.15) is 0 Å². The Morgan fingerprint density at radius 3 is 1.12 bits per heavy atom. The number of carbonyl (C=O) groups is 7. The van der Waals surface area contributed by atoms with E-state index < -0.39 is 246 Å². The Hall–Kier alpha value is -5.65. The van der Waals surface area contributed by atoms with Crippen molar-refractivity contribution >= 4 is 41.6 Å². The molecule has 6 fully saturated rings. The van der Waals surface area contributed by atoms with E-state index in [1.54, 1.807) is 0 Å². The molecule has 6 aliphatic rings. The molecule has 0 bridgehead atoms. The quantitative estimate of drug-likeness (QED) is 0.0170. The number of benzene rings is 1. The first-order valence-electron chi connectivity index (χ1n) is 34.4. The van der Waals surface area contributed by atoms with E-state index in [2.05, 4.69) is 16.0 Å². The molecule has 39 nitrogen and oxygen atoms in total. The largest absolute Gasteiger partial charge is 0.492 e. The molecule has 1 aromatic rings. The van der Waals surface area contributed by atoms with Gasteiger partial charge >= 0.3 is 23.9 Å². The summed E-state index contributed by atoms with van der Waals surface area (Å²) in [7, 11) is 4.34. The van der Waals surface area contributed by atoms with E-state index in [9.17, 15) is 105 Å². The van der Waals surface area contributed by atoms with Crippen LogP contribution in [0, 0.1) is 23.7 Å². The number of nitrogens with one attached hydrogen (secondary N) is 3. The fraction of sp³-hybridized carbons (Fsp3) is 0.800. The van der Waals surface area contributed by atoms with Gasteiger partial charge in [-0.05, 0) is 50.3 Å². The maximum absolute atomic E-state index is 13.9. The molecule has 3 amide bonds. The summed E-state index contributed by atoms with van der Waals surface area (Å²) in [6.07, 6.45) is -37.6. The van der Waals surface area contributed by atoms with Crippen LogP contribution >= 0.6 is 0 Å². The smallest absolute Gasteiger partial charge is 0.309 e. The van der Waals surface area contributed by atoms with Crippen molar-refractivity contribution in [1.29, 1.82) is 0 Å². The van der Waals surface area contributed by atoms with Crippen LogP contribution in [0.15, 0.2) is 18.2 Å². The summed E-state index contributed by atoms with van der Waals surface area (Å²) < 4.78 is 84.2. The number of ether oxygens (including phenoxy) is 15. The average Bonchev–Trinajstić information content (AvgIpc) is 0.787. The normalized spacial score (nSPS) is 36.6. The predicted octanol–water partition coefficient (Wildman–Crippen LogP) is -7.86. The van der Waals surface area contributed by atoms with Gasteiger partial charge < -0.3 is 158 Å². The van der Waals surface area contributed by atoms with E-state index in [4.69, 9.17) is 71.1 Å². The Morgan fingerprint density at radius 2 is 0.750 bits per heavy atom. The first-order valence-corrected chi connectivity index (χ1v) is 34.4. The van der Waals surface area contributed by atoms with Crippen LogP contribution < -0.4 is 20.7 Å². The number of hydrogen-bond donors (Lipinski definition) is 17. The van der Waals surface area contributed by atoms with Gasteiger partial charge in [0.15, 0.2) is 25.2 Å². The Balaban J connectivity index is 0.974. The van der Waals surface area contributed by atoms with Crippen molar-refractivity contribution in [1.82, 2.24) is 16.0 Å². The monoisotopic (exact) mass is 1500 g/mol. The van der Waals surface area contributed by atoms with Crippen LogP contribution in [0.5, 0.6) is 5.75 Å². The van der Waals surface area contributed by atoms with Crippen molar-refractivity contribution in [3.8, 4) is 5.75 Å². The SMILES string of the molecule is CCCCCCC(=O)NCCOc1cc(C(=O)NCCO[C@H]2OC(CO[C@H]3CC(C(=O)OC)[C@@H](C(=O)OC)CC3O[C@@H]3OC(CO)[C@@H](O)[C@H](O)C3O)[C@@H](O)[C@H](O)C2O)cc(C(=O)NCCO[C@H]2OC(CO[C@H]3CC(C(=O)OC)[C@@H](C(=O)OC)CC3O[C@H]3OC(CO)[C@@H](O)[C@H](O)C3O)[C@@H](O)[C@H](O)C2O)c1. The lowest BCUT2D eigenvalue weighted by Crippen LogP contribution is -2.61. The number of amides is 3. The first-order chi connectivity index (χ1) is 49.6. The number of unbranched alkanes of at least 4 members (excludes halogenated alkanes) is 3. The molecular weight excluding hydrogens is 1400 g/mol. The predicted molar refractivity (Wildman–Crippen MR) is 341 cm³/mol. The molecule has 0 spiro atoms. The Kier molecular flexibility index (Phi) is 33.8. The number of aliphatic hydroxyl groups is 14. The second-order valence-electron chi connectivity index (χ2n) is 26.0. The minimum Gasteiger partial charge on any atom is -0.492 e. The van der Waals surface area contributed by atoms with Crippen molar-refractivity contribution in [2.75, 3.05) is 94.3 Å². The fourth-order valence-electron chi connectivity index (χ4n) is 13.1. The van der Waals surface area contributed by atoms with Gasteiger partial charge in [0.1, 0.15) is 110 Å². The lowest BCUT2D eigenvalue weighted by atomic mass is 9.76. The Labute approximate surface area is 597 Å². The maximum atomic E-state index is 13.9. The molecule has 28 atom stereocenters. The summed E-state index contributed by atoms with van der Waals surface area (Å²) in [4.78, 5) is 92.4. The first kappa shape index (κ1) is 85.6. The van der Waals surface area contributed by atoms with Gasteiger partial charge in [-0.1, -0.05) is 26.2 Å². The second kappa shape index (κ2) is 41.1. The van der Waals surface area contributed by atoms with Crippen LogP contribution in [0.3, 0.4) is 0 Å². The number of methoxy groups -OCH3 is 4. The molecule has 104 heavy (non-hydrogen) atoms. The second-order valence-corrected chi connectivity index (χ2v) is 26.0. The minimum absolute atomic E-state index is 0.000232. The zero-order valence-electron chi connectivity index (χ0n) is 58.1. The molecule has 2 saturated carbocycles. The number of esters is 4. The van der Waals surface area contributed by atoms with Crippen LogP contribution in [-0.2, 0) is 90.3 Å². The summed E-state index contributed by atoms with van der Waals surface area (Å²) >= 11 is 0. The van der Waals surface area contributed by atoms with Gasteiger partial charge in [-0.25, -0.2) is 0 Å². The van der Waals surface area contributed by atoms with Crippen LogP contribution in [0.25, 0.3) is 0 Å². The van der Waals surface area contributed by atoms with Crippen molar-refractivity contribution < 1.29 is 176 Å². The highest BCUT2D eigenvalue weighted by Gasteiger charge is 2.54. The fourth-order valence-corrected chi connectivity index (χ4v) is 13.1. The highest BCUT2D eigenvalue weighted by atomic mass is 16.7. The molecule has 4 saturated heterocycles.